The molecule has 2 aromatic carbocycles. The van der Waals surface area contributed by atoms with Gasteiger partial charge in [-0.25, -0.2) is 0 Å². The third kappa shape index (κ3) is 2.81. The van der Waals surface area contributed by atoms with E-state index in [1.807, 2.05) is 36.4 Å². The van der Waals surface area contributed by atoms with Crippen molar-refractivity contribution in [2.24, 2.45) is 5.92 Å². The maximum Gasteiger partial charge on any atom is 0.332 e. The van der Waals surface area contributed by atoms with Gasteiger partial charge in [-0.3, -0.25) is 9.59 Å². The normalized spacial score (nSPS) is 19.8. The number of esters is 1. The second kappa shape index (κ2) is 6.76. The summed E-state index contributed by atoms with van der Waals surface area (Å²) in [5.74, 6) is -1.23. The molecule has 0 spiro atoms. The number of carbonyl (C=O) groups is 2. The number of carbonyl (C=O) groups excluding carboxylic acids is 2. The number of furan rings is 1. The standard InChI is InChI=1S/C21H17NO5/c1-25-18-9-7-13(19-14-4-2-3-5-17(14)27-20(18)19)12-6-8-16(23)15(10-12)21(24)26-11-22/h2-5,7,9,12,15H,6,8,10H2,1H3. The molecule has 0 radical (unpaired) electrons. The van der Waals surface area contributed by atoms with Crippen LogP contribution < -0.4 is 4.74 Å². The van der Waals surface area contributed by atoms with Crippen molar-refractivity contribution in [3.05, 3.63) is 42.0 Å². The molecule has 136 valence electrons. The van der Waals surface area contributed by atoms with Crippen LogP contribution in [0.3, 0.4) is 0 Å². The van der Waals surface area contributed by atoms with Crippen molar-refractivity contribution in [2.45, 2.75) is 25.2 Å². The lowest BCUT2D eigenvalue weighted by Gasteiger charge is -2.27. The number of ether oxygens (including phenoxy) is 2. The molecule has 1 aliphatic carbocycles. The summed E-state index contributed by atoms with van der Waals surface area (Å²) in [5.41, 5.74) is 2.42. The predicted molar refractivity (Wildman–Crippen MR) is 97.1 cm³/mol. The number of hydrogen-bond donors (Lipinski definition) is 0. The minimum atomic E-state index is -0.904. The molecule has 0 N–H and O–H groups in total. The fraction of sp³-hybridized carbons (Fsp3) is 0.286. The van der Waals surface area contributed by atoms with Gasteiger partial charge >= 0.3 is 5.97 Å². The van der Waals surface area contributed by atoms with E-state index in [0.29, 0.717) is 24.2 Å². The molecule has 27 heavy (non-hydrogen) atoms. The molecule has 3 aromatic rings. The molecule has 1 heterocycles. The van der Waals surface area contributed by atoms with Crippen molar-refractivity contribution in [2.75, 3.05) is 7.11 Å². The fourth-order valence-corrected chi connectivity index (χ4v) is 3.98. The molecule has 1 saturated carbocycles. The number of Topliss-reactive ketones (excluding diaryl/α,β-unsaturated/α-hetero) is 1. The zero-order valence-electron chi connectivity index (χ0n) is 14.7. The van der Waals surface area contributed by atoms with E-state index in [1.54, 1.807) is 7.11 Å². The van der Waals surface area contributed by atoms with Gasteiger partial charge < -0.3 is 13.9 Å². The first-order chi connectivity index (χ1) is 13.1. The minimum absolute atomic E-state index is 0.0200. The molecule has 6 nitrogen and oxygen atoms in total. The molecule has 0 amide bonds. The maximum absolute atomic E-state index is 12.2. The molecule has 2 unspecified atom stereocenters. The first-order valence-corrected chi connectivity index (χ1v) is 8.74. The number of benzene rings is 2. The van der Waals surface area contributed by atoms with E-state index in [9.17, 15) is 9.59 Å². The zero-order valence-corrected chi connectivity index (χ0v) is 14.7. The van der Waals surface area contributed by atoms with Gasteiger partial charge in [-0.05, 0) is 36.5 Å². The highest BCUT2D eigenvalue weighted by molar-refractivity contribution is 6.09. The van der Waals surface area contributed by atoms with Crippen LogP contribution in [-0.4, -0.2) is 18.9 Å². The van der Waals surface area contributed by atoms with Gasteiger partial charge in [-0.15, -0.1) is 5.26 Å². The third-order valence-electron chi connectivity index (χ3n) is 5.26. The van der Waals surface area contributed by atoms with Crippen molar-refractivity contribution in [1.29, 1.82) is 5.26 Å². The highest BCUT2D eigenvalue weighted by Gasteiger charge is 2.37. The highest BCUT2D eigenvalue weighted by atomic mass is 16.5. The van der Waals surface area contributed by atoms with Crippen molar-refractivity contribution >= 4 is 33.7 Å². The monoisotopic (exact) mass is 363 g/mol. The summed E-state index contributed by atoms with van der Waals surface area (Å²) in [6, 6.07) is 11.5. The number of methoxy groups -OCH3 is 1. The molecule has 1 aromatic heterocycles. The Hall–Kier alpha value is -3.33. The molecule has 2 atom stereocenters. The van der Waals surface area contributed by atoms with E-state index in [1.165, 1.54) is 6.26 Å². The summed E-state index contributed by atoms with van der Waals surface area (Å²) >= 11 is 0. The second-order valence-electron chi connectivity index (χ2n) is 6.66. The fourth-order valence-electron chi connectivity index (χ4n) is 3.98. The molecule has 6 heteroatoms. The van der Waals surface area contributed by atoms with E-state index in [-0.39, 0.29) is 18.1 Å². The van der Waals surface area contributed by atoms with Crippen LogP contribution in [0.15, 0.2) is 40.8 Å². The van der Waals surface area contributed by atoms with Crippen LogP contribution in [0.5, 0.6) is 5.75 Å². The summed E-state index contributed by atoms with van der Waals surface area (Å²) in [6.07, 6.45) is 2.60. The molecular weight excluding hydrogens is 346 g/mol. The van der Waals surface area contributed by atoms with Gasteiger partial charge in [0.1, 0.15) is 17.3 Å². The topological polar surface area (TPSA) is 89.5 Å². The summed E-state index contributed by atoms with van der Waals surface area (Å²) < 4.78 is 15.9. The summed E-state index contributed by atoms with van der Waals surface area (Å²) in [7, 11) is 1.59. The quantitative estimate of drug-likeness (QED) is 0.396. The summed E-state index contributed by atoms with van der Waals surface area (Å²) in [6.45, 7) is 0. The lowest BCUT2D eigenvalue weighted by molar-refractivity contribution is -0.147. The van der Waals surface area contributed by atoms with E-state index < -0.39 is 11.9 Å². The molecule has 0 bridgehead atoms. The third-order valence-corrected chi connectivity index (χ3v) is 5.26. The van der Waals surface area contributed by atoms with Crippen LogP contribution in [-0.2, 0) is 14.3 Å². The SMILES string of the molecule is COc1ccc(C2CCC(=O)C(C(=O)OC#N)C2)c2c1oc1ccccc12. The molecule has 0 saturated heterocycles. The summed E-state index contributed by atoms with van der Waals surface area (Å²) in [5, 5.41) is 10.5. The minimum Gasteiger partial charge on any atom is -0.493 e. The number of nitriles is 1. The largest absolute Gasteiger partial charge is 0.493 e. The van der Waals surface area contributed by atoms with Crippen molar-refractivity contribution < 1.29 is 23.5 Å². The van der Waals surface area contributed by atoms with Crippen LogP contribution in [0.1, 0.15) is 30.7 Å². The Morgan fingerprint density at radius 1 is 1.26 bits per heavy atom. The average Bonchev–Trinajstić information content (AvgIpc) is 3.07. The number of hydrogen-bond acceptors (Lipinski definition) is 6. The summed E-state index contributed by atoms with van der Waals surface area (Å²) in [4.78, 5) is 24.2. The maximum atomic E-state index is 12.2. The van der Waals surface area contributed by atoms with E-state index >= 15 is 0 Å². The van der Waals surface area contributed by atoms with E-state index in [2.05, 4.69) is 4.74 Å². The van der Waals surface area contributed by atoms with Crippen molar-refractivity contribution in [3.8, 4) is 12.0 Å². The van der Waals surface area contributed by atoms with Gasteiger partial charge in [-0.1, -0.05) is 24.3 Å². The first kappa shape index (κ1) is 17.1. The van der Waals surface area contributed by atoms with Crippen LogP contribution in [0.25, 0.3) is 21.9 Å². The zero-order chi connectivity index (χ0) is 19.0. The van der Waals surface area contributed by atoms with Gasteiger partial charge in [0, 0.05) is 17.2 Å². The van der Waals surface area contributed by atoms with Gasteiger partial charge in [0.15, 0.2) is 11.3 Å². The molecule has 4 rings (SSSR count). The van der Waals surface area contributed by atoms with Gasteiger partial charge in [0.05, 0.1) is 7.11 Å². The van der Waals surface area contributed by atoms with Crippen LogP contribution in [0.2, 0.25) is 0 Å². The van der Waals surface area contributed by atoms with Gasteiger partial charge in [0.25, 0.3) is 6.26 Å². The Morgan fingerprint density at radius 3 is 2.85 bits per heavy atom. The van der Waals surface area contributed by atoms with E-state index in [4.69, 9.17) is 14.4 Å². The molecular formula is C21H17NO5. The van der Waals surface area contributed by atoms with E-state index in [0.717, 1.165) is 21.9 Å². The van der Waals surface area contributed by atoms with Crippen molar-refractivity contribution in [3.63, 3.8) is 0 Å². The number of para-hydroxylation sites is 1. The Bertz CT molecular complexity index is 1090. The highest BCUT2D eigenvalue weighted by Crippen LogP contribution is 2.44. The first-order valence-electron chi connectivity index (χ1n) is 8.74. The number of nitrogens with zero attached hydrogens (tertiary/aromatic N) is 1. The molecule has 0 aliphatic heterocycles. The van der Waals surface area contributed by atoms with Crippen LogP contribution >= 0.6 is 0 Å². The Balaban J connectivity index is 1.83. The number of ketones is 1. The van der Waals surface area contributed by atoms with Gasteiger partial charge in [0.2, 0.25) is 0 Å². The molecule has 1 fully saturated rings. The number of rotatable bonds is 3. The molecule has 1 aliphatic rings. The lowest BCUT2D eigenvalue weighted by Crippen LogP contribution is -2.31. The number of fused-ring (bicyclic) bond motifs is 3. The smallest absolute Gasteiger partial charge is 0.332 e. The Morgan fingerprint density at radius 2 is 2.07 bits per heavy atom. The Kier molecular flexibility index (Phi) is 4.28. The van der Waals surface area contributed by atoms with Crippen LogP contribution in [0, 0.1) is 17.4 Å². The lowest BCUT2D eigenvalue weighted by atomic mass is 9.76. The predicted octanol–water partition coefficient (Wildman–Crippen LogP) is 4.07. The van der Waals surface area contributed by atoms with Crippen LogP contribution in [0.4, 0.5) is 0 Å². The van der Waals surface area contributed by atoms with Gasteiger partial charge in [-0.2, -0.15) is 0 Å². The average molecular weight is 363 g/mol. The Labute approximate surface area is 155 Å². The second-order valence-corrected chi connectivity index (χ2v) is 6.66. The van der Waals surface area contributed by atoms with Crippen molar-refractivity contribution in [1.82, 2.24) is 0 Å².